The van der Waals surface area contributed by atoms with E-state index in [0.717, 1.165) is 0 Å². The summed E-state index contributed by atoms with van der Waals surface area (Å²) in [5.41, 5.74) is 0.683. The molecule has 0 radical (unpaired) electrons. The Bertz CT molecular complexity index is 922. The second kappa shape index (κ2) is 9.51. The first kappa shape index (κ1) is 21.5. The molecule has 0 unspecified atom stereocenters. The Labute approximate surface area is 180 Å². The van der Waals surface area contributed by atoms with E-state index in [-0.39, 0.29) is 23.7 Å². The number of carbonyl (C=O) groups is 1. The highest BCUT2D eigenvalue weighted by Gasteiger charge is 2.24. The van der Waals surface area contributed by atoms with Crippen LogP contribution in [0.5, 0.6) is 0 Å². The molecular weight excluding hydrogens is 467 g/mol. The molecule has 1 aliphatic rings. The van der Waals surface area contributed by atoms with Gasteiger partial charge in [-0.25, -0.2) is 4.39 Å². The molecule has 2 aromatic carbocycles. The van der Waals surface area contributed by atoms with E-state index in [0.29, 0.717) is 47.9 Å². The van der Waals surface area contributed by atoms with E-state index >= 15 is 0 Å². The number of amides is 1. The summed E-state index contributed by atoms with van der Waals surface area (Å²) >= 11 is 9.05. The molecule has 0 atom stereocenters. The predicted molar refractivity (Wildman–Crippen MR) is 114 cm³/mol. The number of rotatable bonds is 6. The smallest absolute Gasteiger partial charge is 0.294 e. The van der Waals surface area contributed by atoms with Gasteiger partial charge >= 0.3 is 0 Å². The molecule has 29 heavy (non-hydrogen) atoms. The molecule has 2 aromatic rings. The molecule has 0 saturated carbocycles. The van der Waals surface area contributed by atoms with E-state index in [1.165, 1.54) is 18.2 Å². The second-order valence-electron chi connectivity index (χ2n) is 6.64. The average molecular weight is 486 g/mol. The maximum atomic E-state index is 13.8. The lowest BCUT2D eigenvalue weighted by Gasteiger charge is -2.35. The van der Waals surface area contributed by atoms with Crippen LogP contribution < -0.4 is 10.2 Å². The van der Waals surface area contributed by atoms with E-state index < -0.39 is 10.7 Å². The lowest BCUT2D eigenvalue weighted by molar-refractivity contribution is -0.384. The van der Waals surface area contributed by atoms with Gasteiger partial charge in [0.05, 0.1) is 10.6 Å². The van der Waals surface area contributed by atoms with Gasteiger partial charge in [-0.2, -0.15) is 0 Å². The monoisotopic (exact) mass is 484 g/mol. The third-order valence-corrected chi connectivity index (χ3v) is 5.44. The Morgan fingerprint density at radius 2 is 1.93 bits per heavy atom. The van der Waals surface area contributed by atoms with Crippen molar-refractivity contribution in [1.82, 2.24) is 4.90 Å². The molecule has 10 heteroatoms. The van der Waals surface area contributed by atoms with Crippen LogP contribution in [-0.2, 0) is 4.79 Å². The van der Waals surface area contributed by atoms with Gasteiger partial charge in [0.2, 0.25) is 5.91 Å². The van der Waals surface area contributed by atoms with E-state index in [2.05, 4.69) is 26.1 Å². The Kier molecular flexibility index (Phi) is 7.05. The number of nitrogens with zero attached hydrogens (tertiary/aromatic N) is 3. The fourth-order valence-electron chi connectivity index (χ4n) is 3.19. The fourth-order valence-corrected chi connectivity index (χ4v) is 3.69. The second-order valence-corrected chi connectivity index (χ2v) is 7.99. The highest BCUT2D eigenvalue weighted by atomic mass is 79.9. The lowest BCUT2D eigenvalue weighted by atomic mass is 10.2. The van der Waals surface area contributed by atoms with Crippen LogP contribution in [-0.4, -0.2) is 48.5 Å². The van der Waals surface area contributed by atoms with Gasteiger partial charge in [0.15, 0.2) is 0 Å². The minimum Gasteiger partial charge on any atom is -0.363 e. The van der Waals surface area contributed by atoms with Crippen LogP contribution in [0.15, 0.2) is 40.9 Å². The van der Waals surface area contributed by atoms with Crippen LogP contribution in [0.2, 0.25) is 5.02 Å². The Morgan fingerprint density at radius 3 is 2.59 bits per heavy atom. The third-order valence-electron chi connectivity index (χ3n) is 4.71. The molecule has 0 aliphatic carbocycles. The van der Waals surface area contributed by atoms with Gasteiger partial charge in [-0.05, 0) is 30.3 Å². The molecule has 3 rings (SSSR count). The first-order chi connectivity index (χ1) is 13.8. The van der Waals surface area contributed by atoms with Crippen molar-refractivity contribution in [2.24, 2.45) is 0 Å². The zero-order valence-corrected chi connectivity index (χ0v) is 17.7. The summed E-state index contributed by atoms with van der Waals surface area (Å²) in [6, 6.07) is 9.13. The molecule has 1 fully saturated rings. The largest absolute Gasteiger partial charge is 0.363 e. The number of nitro benzene ring substituents is 1. The molecule has 1 heterocycles. The molecule has 7 nitrogen and oxygen atoms in total. The molecule has 1 saturated heterocycles. The standard InChI is InChI=1S/C19H19BrClFN4O3/c20-13-1-3-16(15(22)11-13)23-19(27)5-6-24-7-9-25(10-8-24)17-4-2-14(21)12-18(17)26(28)29/h1-4,11-12H,5-10H2,(H,23,27). The quantitative estimate of drug-likeness (QED) is 0.487. The van der Waals surface area contributed by atoms with Gasteiger partial charge in [0.1, 0.15) is 11.5 Å². The van der Waals surface area contributed by atoms with Gasteiger partial charge < -0.3 is 10.2 Å². The molecule has 0 spiro atoms. The maximum Gasteiger partial charge on any atom is 0.294 e. The summed E-state index contributed by atoms with van der Waals surface area (Å²) in [6.45, 7) is 3.07. The van der Waals surface area contributed by atoms with Crippen LogP contribution in [0.1, 0.15) is 6.42 Å². The van der Waals surface area contributed by atoms with Crippen molar-refractivity contribution >= 4 is 50.5 Å². The van der Waals surface area contributed by atoms with Gasteiger partial charge in [0.25, 0.3) is 5.69 Å². The lowest BCUT2D eigenvalue weighted by Crippen LogP contribution is -2.47. The number of nitrogens with one attached hydrogen (secondary N) is 1. The SMILES string of the molecule is O=C(CCN1CCN(c2ccc(Cl)cc2[N+](=O)[O-])CC1)Nc1ccc(Br)cc1F. The number of carbonyl (C=O) groups excluding carboxylic acids is 1. The molecule has 1 N–H and O–H groups in total. The van der Waals surface area contributed by atoms with E-state index in [1.54, 1.807) is 18.2 Å². The van der Waals surface area contributed by atoms with Crippen LogP contribution in [0.4, 0.5) is 21.5 Å². The van der Waals surface area contributed by atoms with Crippen molar-refractivity contribution in [2.45, 2.75) is 6.42 Å². The van der Waals surface area contributed by atoms with Crippen molar-refractivity contribution in [3.63, 3.8) is 0 Å². The summed E-state index contributed by atoms with van der Waals surface area (Å²) < 4.78 is 14.4. The number of piperazine rings is 1. The average Bonchev–Trinajstić information content (AvgIpc) is 2.69. The highest BCUT2D eigenvalue weighted by molar-refractivity contribution is 9.10. The maximum absolute atomic E-state index is 13.8. The highest BCUT2D eigenvalue weighted by Crippen LogP contribution is 2.31. The van der Waals surface area contributed by atoms with Gasteiger partial charge in [-0.1, -0.05) is 27.5 Å². The van der Waals surface area contributed by atoms with Crippen LogP contribution in [0.3, 0.4) is 0 Å². The topological polar surface area (TPSA) is 78.7 Å². The minimum atomic E-state index is -0.495. The van der Waals surface area contributed by atoms with Crippen molar-refractivity contribution in [3.05, 3.63) is 61.8 Å². The van der Waals surface area contributed by atoms with Crippen LogP contribution in [0.25, 0.3) is 0 Å². The number of benzene rings is 2. The van der Waals surface area contributed by atoms with Crippen molar-refractivity contribution < 1.29 is 14.1 Å². The fraction of sp³-hybridized carbons (Fsp3) is 0.316. The molecule has 0 bridgehead atoms. The van der Waals surface area contributed by atoms with E-state index in [9.17, 15) is 19.3 Å². The summed E-state index contributed by atoms with van der Waals surface area (Å²) in [6.07, 6.45) is 0.233. The molecule has 1 amide bonds. The van der Waals surface area contributed by atoms with Gasteiger partial charge in [-0.15, -0.1) is 0 Å². The van der Waals surface area contributed by atoms with Crippen molar-refractivity contribution in [2.75, 3.05) is 42.9 Å². The number of hydrogen-bond donors (Lipinski definition) is 1. The molecular formula is C19H19BrClFN4O3. The third kappa shape index (κ3) is 5.65. The number of hydrogen-bond acceptors (Lipinski definition) is 5. The Hall–Kier alpha value is -2.23. The molecule has 154 valence electrons. The zero-order valence-electron chi connectivity index (χ0n) is 15.4. The summed E-state index contributed by atoms with van der Waals surface area (Å²) in [5, 5.41) is 14.2. The molecule has 0 aromatic heterocycles. The van der Waals surface area contributed by atoms with E-state index in [4.69, 9.17) is 11.6 Å². The summed E-state index contributed by atoms with van der Waals surface area (Å²) in [4.78, 5) is 27.0. The minimum absolute atomic E-state index is 0.0122. The summed E-state index contributed by atoms with van der Waals surface area (Å²) in [5.74, 6) is -0.757. The number of nitro groups is 1. The molecule has 1 aliphatic heterocycles. The van der Waals surface area contributed by atoms with E-state index in [1.807, 2.05) is 4.90 Å². The zero-order chi connectivity index (χ0) is 21.0. The van der Waals surface area contributed by atoms with Gasteiger partial charge in [-0.3, -0.25) is 19.8 Å². The number of halogens is 3. The summed E-state index contributed by atoms with van der Waals surface area (Å²) in [7, 11) is 0. The van der Waals surface area contributed by atoms with Crippen molar-refractivity contribution in [3.8, 4) is 0 Å². The predicted octanol–water partition coefficient (Wildman–Crippen LogP) is 4.30. The van der Waals surface area contributed by atoms with Crippen LogP contribution in [0, 0.1) is 15.9 Å². The first-order valence-electron chi connectivity index (χ1n) is 8.99. The first-order valence-corrected chi connectivity index (χ1v) is 10.2. The Morgan fingerprint density at radius 1 is 1.21 bits per heavy atom. The Balaban J connectivity index is 1.50. The van der Waals surface area contributed by atoms with Crippen LogP contribution >= 0.6 is 27.5 Å². The normalized spacial score (nSPS) is 14.7. The van der Waals surface area contributed by atoms with Gasteiger partial charge in [0, 0.05) is 54.7 Å². The van der Waals surface area contributed by atoms with Crippen molar-refractivity contribution in [1.29, 1.82) is 0 Å². The number of anilines is 2.